The van der Waals surface area contributed by atoms with Gasteiger partial charge in [0, 0.05) is 30.2 Å². The fourth-order valence-corrected chi connectivity index (χ4v) is 3.24. The van der Waals surface area contributed by atoms with Crippen LogP contribution in [0.1, 0.15) is 32.6 Å². The molecule has 0 bridgehead atoms. The number of methoxy groups -OCH3 is 1. The molecule has 1 atom stereocenters. The number of nitrogens with one attached hydrogen (secondary N) is 5. The third-order valence-corrected chi connectivity index (χ3v) is 5.24. The first-order valence-electron chi connectivity index (χ1n) is 10.4. The van der Waals surface area contributed by atoms with Gasteiger partial charge in [0.05, 0.1) is 30.5 Å². The number of aliphatic hydroxyl groups excluding tert-OH is 1. The minimum absolute atomic E-state index is 0.111. The zero-order valence-electron chi connectivity index (χ0n) is 17.8. The molecular weight excluding hydrogens is 400 g/mol. The largest absolute Gasteiger partial charge is 0.497 e. The molecule has 6 N–H and O–H groups in total. The Balaban J connectivity index is 1.37. The maximum absolute atomic E-state index is 11.8. The molecule has 10 heteroatoms. The Morgan fingerprint density at radius 1 is 1.26 bits per heavy atom. The summed E-state index contributed by atoms with van der Waals surface area (Å²) in [7, 11) is 1.64. The van der Waals surface area contributed by atoms with Gasteiger partial charge >= 0.3 is 12.1 Å². The average Bonchev–Trinajstić information content (AvgIpc) is 3.55. The number of amides is 4. The number of pyridine rings is 1. The van der Waals surface area contributed by atoms with Gasteiger partial charge in [-0.25, -0.2) is 20.4 Å². The first-order chi connectivity index (χ1) is 14.9. The number of aliphatic hydroxyl groups is 1. The Hall–Kier alpha value is -3.27. The van der Waals surface area contributed by atoms with Crippen molar-refractivity contribution in [3.63, 3.8) is 0 Å². The average molecular weight is 431 g/mol. The summed E-state index contributed by atoms with van der Waals surface area (Å²) in [5.41, 5.74) is 5.81. The van der Waals surface area contributed by atoms with Gasteiger partial charge in [-0.05, 0) is 44.7 Å². The Kier molecular flexibility index (Phi) is 7.35. The van der Waals surface area contributed by atoms with Crippen LogP contribution in [0.4, 0.5) is 15.3 Å². The predicted molar refractivity (Wildman–Crippen MR) is 118 cm³/mol. The lowest BCUT2D eigenvalue weighted by Crippen LogP contribution is -2.54. The maximum atomic E-state index is 11.8. The lowest BCUT2D eigenvalue weighted by atomic mass is 10.1. The molecule has 0 radical (unpaired) electrons. The van der Waals surface area contributed by atoms with Gasteiger partial charge in [0.2, 0.25) is 0 Å². The molecule has 2 aromatic rings. The highest BCUT2D eigenvalue weighted by molar-refractivity contribution is 5.92. The van der Waals surface area contributed by atoms with Gasteiger partial charge in [-0.2, -0.15) is 0 Å². The third kappa shape index (κ3) is 6.35. The van der Waals surface area contributed by atoms with Crippen molar-refractivity contribution in [3.8, 4) is 5.75 Å². The molecule has 10 nitrogen and oxygen atoms in total. The standard InChI is InChI=1S/C21H30N6O4/c1-14(24-17-12-16(31-2)11-15-6-4-9-22-18(15)17)5-3-10-23-19(29)26-27-20(30)25-21(13-28)7-8-21/h4,6,9,11-12,14,24,28H,3,5,7-8,10,13H2,1-2H3,(H2,23,26,29)(H2,25,27,30). The van der Waals surface area contributed by atoms with Gasteiger partial charge in [-0.3, -0.25) is 4.98 Å². The number of urea groups is 2. The van der Waals surface area contributed by atoms with E-state index in [-0.39, 0.29) is 12.6 Å². The van der Waals surface area contributed by atoms with E-state index in [1.807, 2.05) is 24.3 Å². The molecule has 3 rings (SSSR count). The van der Waals surface area contributed by atoms with Crippen molar-refractivity contribution in [2.45, 2.75) is 44.2 Å². The molecule has 1 fully saturated rings. The number of ether oxygens (including phenoxy) is 1. The number of nitrogens with zero attached hydrogens (tertiary/aromatic N) is 1. The van der Waals surface area contributed by atoms with Gasteiger partial charge in [-0.15, -0.1) is 0 Å². The number of hydrogen-bond acceptors (Lipinski definition) is 6. The van der Waals surface area contributed by atoms with Gasteiger partial charge in [-0.1, -0.05) is 6.07 Å². The number of carbonyl (C=O) groups is 2. The first kappa shape index (κ1) is 22.4. The summed E-state index contributed by atoms with van der Waals surface area (Å²) in [5, 5.41) is 19.0. The van der Waals surface area contributed by atoms with Gasteiger partial charge < -0.3 is 25.8 Å². The number of rotatable bonds is 9. The monoisotopic (exact) mass is 430 g/mol. The Morgan fingerprint density at radius 3 is 2.74 bits per heavy atom. The summed E-state index contributed by atoms with van der Waals surface area (Å²) >= 11 is 0. The summed E-state index contributed by atoms with van der Waals surface area (Å²) in [5.74, 6) is 0.761. The quantitative estimate of drug-likeness (QED) is 0.265. The molecule has 1 aliphatic rings. The lowest BCUT2D eigenvalue weighted by molar-refractivity contribution is 0.204. The van der Waals surface area contributed by atoms with E-state index < -0.39 is 17.6 Å². The number of aromatic nitrogens is 1. The topological polar surface area (TPSA) is 137 Å². The van der Waals surface area contributed by atoms with Crippen molar-refractivity contribution in [2.75, 3.05) is 25.6 Å². The second-order valence-electron chi connectivity index (χ2n) is 7.84. The molecule has 1 heterocycles. The molecule has 1 aromatic heterocycles. The Morgan fingerprint density at radius 2 is 2.03 bits per heavy atom. The van der Waals surface area contributed by atoms with Crippen molar-refractivity contribution in [2.24, 2.45) is 0 Å². The summed E-state index contributed by atoms with van der Waals surface area (Å²) in [6.45, 7) is 2.41. The number of hydrogen-bond donors (Lipinski definition) is 6. The van der Waals surface area contributed by atoms with Crippen LogP contribution in [0.25, 0.3) is 10.9 Å². The third-order valence-electron chi connectivity index (χ3n) is 5.24. The van der Waals surface area contributed by atoms with E-state index in [1.54, 1.807) is 13.3 Å². The van der Waals surface area contributed by atoms with E-state index in [0.29, 0.717) is 6.54 Å². The molecule has 0 saturated heterocycles. The first-order valence-corrected chi connectivity index (χ1v) is 10.4. The highest BCUT2D eigenvalue weighted by atomic mass is 16.5. The Bertz CT molecular complexity index is 918. The van der Waals surface area contributed by atoms with Crippen LogP contribution in [-0.2, 0) is 0 Å². The zero-order chi connectivity index (χ0) is 22.3. The fraction of sp³-hybridized carbons (Fsp3) is 0.476. The molecule has 168 valence electrons. The molecule has 1 aromatic carbocycles. The molecule has 31 heavy (non-hydrogen) atoms. The highest BCUT2D eigenvalue weighted by Crippen LogP contribution is 2.34. The van der Waals surface area contributed by atoms with Crippen LogP contribution >= 0.6 is 0 Å². The SMILES string of the molecule is COc1cc(NC(C)CCCNC(=O)NNC(=O)NC2(CO)CC2)c2ncccc2c1. The van der Waals surface area contributed by atoms with Crippen LogP contribution < -0.4 is 31.5 Å². The van der Waals surface area contributed by atoms with Crippen molar-refractivity contribution < 1.29 is 19.4 Å². The molecule has 4 amide bonds. The normalized spacial score (nSPS) is 14.9. The van der Waals surface area contributed by atoms with E-state index in [2.05, 4.69) is 38.7 Å². The van der Waals surface area contributed by atoms with E-state index in [9.17, 15) is 14.7 Å². The molecule has 1 unspecified atom stereocenters. The smallest absolute Gasteiger partial charge is 0.334 e. The number of anilines is 1. The number of benzene rings is 1. The van der Waals surface area contributed by atoms with Crippen molar-refractivity contribution >= 4 is 28.7 Å². The minimum Gasteiger partial charge on any atom is -0.497 e. The zero-order valence-corrected chi connectivity index (χ0v) is 17.8. The van der Waals surface area contributed by atoms with Gasteiger partial charge in [0.15, 0.2) is 0 Å². The summed E-state index contributed by atoms with van der Waals surface area (Å²) in [4.78, 5) is 28.0. The molecule has 1 saturated carbocycles. The van der Waals surface area contributed by atoms with E-state index in [4.69, 9.17) is 4.74 Å². The Labute approximate surface area is 181 Å². The van der Waals surface area contributed by atoms with Gasteiger partial charge in [0.25, 0.3) is 0 Å². The van der Waals surface area contributed by atoms with E-state index in [1.165, 1.54) is 0 Å². The highest BCUT2D eigenvalue weighted by Gasteiger charge is 2.43. The van der Waals surface area contributed by atoms with E-state index >= 15 is 0 Å². The summed E-state index contributed by atoms with van der Waals surface area (Å²) in [6.07, 6.45) is 4.79. The van der Waals surface area contributed by atoms with Crippen LogP contribution in [0.15, 0.2) is 30.5 Å². The molecule has 1 aliphatic carbocycles. The molecular formula is C21H30N6O4. The van der Waals surface area contributed by atoms with Crippen molar-refractivity contribution in [1.29, 1.82) is 0 Å². The van der Waals surface area contributed by atoms with Crippen LogP contribution in [0.2, 0.25) is 0 Å². The van der Waals surface area contributed by atoms with Gasteiger partial charge in [0.1, 0.15) is 5.75 Å². The van der Waals surface area contributed by atoms with Crippen LogP contribution in [0.3, 0.4) is 0 Å². The van der Waals surface area contributed by atoms with Crippen molar-refractivity contribution in [1.82, 2.24) is 26.5 Å². The predicted octanol–water partition coefficient (Wildman–Crippen LogP) is 1.86. The number of carbonyl (C=O) groups excluding carboxylic acids is 2. The fourth-order valence-electron chi connectivity index (χ4n) is 3.24. The van der Waals surface area contributed by atoms with Crippen molar-refractivity contribution in [3.05, 3.63) is 30.5 Å². The minimum atomic E-state index is -0.543. The van der Waals surface area contributed by atoms with Crippen LogP contribution in [0.5, 0.6) is 5.75 Å². The molecule has 0 spiro atoms. The summed E-state index contributed by atoms with van der Waals surface area (Å²) < 4.78 is 5.38. The second-order valence-corrected chi connectivity index (χ2v) is 7.84. The second kappa shape index (κ2) is 10.2. The van der Waals surface area contributed by atoms with Crippen LogP contribution in [-0.4, -0.2) is 54.0 Å². The van der Waals surface area contributed by atoms with E-state index in [0.717, 1.165) is 48.0 Å². The number of fused-ring (bicyclic) bond motifs is 1. The lowest BCUT2D eigenvalue weighted by Gasteiger charge is -2.18. The van der Waals surface area contributed by atoms with Crippen LogP contribution in [0, 0.1) is 0 Å². The number of hydrazine groups is 1. The maximum Gasteiger partial charge on any atom is 0.334 e. The summed E-state index contributed by atoms with van der Waals surface area (Å²) in [6, 6.07) is 6.87. The molecule has 0 aliphatic heterocycles.